The first-order valence-corrected chi connectivity index (χ1v) is 7.39. The number of rotatable bonds is 6. The van der Waals surface area contributed by atoms with Gasteiger partial charge in [0.05, 0.1) is 11.8 Å². The molecule has 0 aliphatic heterocycles. The van der Waals surface area contributed by atoms with Crippen molar-refractivity contribution < 1.29 is 13.2 Å². The third-order valence-corrected chi connectivity index (χ3v) is 3.42. The van der Waals surface area contributed by atoms with Crippen LogP contribution in [-0.4, -0.2) is 50.9 Å². The number of amides is 1. The van der Waals surface area contributed by atoms with E-state index in [1.54, 1.807) is 7.05 Å². The topological polar surface area (TPSA) is 80.5 Å². The van der Waals surface area contributed by atoms with E-state index in [1.807, 2.05) is 13.8 Å². The van der Waals surface area contributed by atoms with E-state index in [2.05, 4.69) is 0 Å². The van der Waals surface area contributed by atoms with Crippen LogP contribution in [0.25, 0.3) is 0 Å². The maximum absolute atomic E-state index is 11.7. The number of hydrogen-bond acceptors (Lipinski definition) is 4. The second-order valence-corrected chi connectivity index (χ2v) is 6.77. The van der Waals surface area contributed by atoms with Crippen LogP contribution in [0.2, 0.25) is 0 Å². The lowest BCUT2D eigenvalue weighted by molar-refractivity contribution is -0.132. The Morgan fingerprint density at radius 1 is 1.35 bits per heavy atom. The number of halogens is 1. The Morgan fingerprint density at radius 2 is 1.82 bits per heavy atom. The van der Waals surface area contributed by atoms with E-state index in [0.29, 0.717) is 13.0 Å². The maximum Gasteiger partial charge on any atom is 0.239 e. The Hall–Kier alpha value is -0.330. The van der Waals surface area contributed by atoms with Crippen LogP contribution in [0.4, 0.5) is 0 Å². The van der Waals surface area contributed by atoms with Crippen LogP contribution in [0.3, 0.4) is 0 Å². The normalized spacial score (nSPS) is 13.1. The maximum atomic E-state index is 11.7. The molecule has 7 heteroatoms. The summed E-state index contributed by atoms with van der Waals surface area (Å²) in [4.78, 5) is 13.2. The number of nitrogens with zero attached hydrogens (tertiary/aromatic N) is 1. The summed E-state index contributed by atoms with van der Waals surface area (Å²) in [5.74, 6) is 0.0509. The predicted molar refractivity (Wildman–Crippen MR) is 72.0 cm³/mol. The van der Waals surface area contributed by atoms with Crippen LogP contribution in [0, 0.1) is 5.92 Å². The number of carbonyl (C=O) groups excluding carboxylic acids is 1. The quantitative estimate of drug-likeness (QED) is 0.761. The van der Waals surface area contributed by atoms with Crippen LogP contribution in [0.15, 0.2) is 0 Å². The van der Waals surface area contributed by atoms with Crippen molar-refractivity contribution in [1.82, 2.24) is 4.90 Å². The fraction of sp³-hybridized carbons (Fsp3) is 0.900. The zero-order chi connectivity index (χ0) is 12.9. The van der Waals surface area contributed by atoms with Crippen LogP contribution in [-0.2, 0) is 14.6 Å². The van der Waals surface area contributed by atoms with Gasteiger partial charge >= 0.3 is 0 Å². The Bertz CT molecular complexity index is 330. The van der Waals surface area contributed by atoms with Gasteiger partial charge in [-0.1, -0.05) is 13.8 Å². The summed E-state index contributed by atoms with van der Waals surface area (Å²) in [6.45, 7) is 4.19. The highest BCUT2D eigenvalue weighted by molar-refractivity contribution is 7.90. The number of carbonyl (C=O) groups is 1. The lowest BCUT2D eigenvalue weighted by Gasteiger charge is -2.23. The molecular weight excluding hydrogens is 264 g/mol. The van der Waals surface area contributed by atoms with E-state index in [0.717, 1.165) is 0 Å². The summed E-state index contributed by atoms with van der Waals surface area (Å²) in [5.41, 5.74) is 5.71. The highest BCUT2D eigenvalue weighted by atomic mass is 35.5. The van der Waals surface area contributed by atoms with Gasteiger partial charge in [-0.3, -0.25) is 4.79 Å². The van der Waals surface area contributed by atoms with Crippen molar-refractivity contribution >= 4 is 28.2 Å². The van der Waals surface area contributed by atoms with Gasteiger partial charge in [0, 0.05) is 19.8 Å². The van der Waals surface area contributed by atoms with E-state index < -0.39 is 15.9 Å². The summed E-state index contributed by atoms with van der Waals surface area (Å²) in [6, 6.07) is -0.511. The Balaban J connectivity index is 0. The largest absolute Gasteiger partial charge is 0.344 e. The van der Waals surface area contributed by atoms with E-state index in [4.69, 9.17) is 5.73 Å². The molecule has 1 amide bonds. The third-order valence-electron chi connectivity index (χ3n) is 2.39. The lowest BCUT2D eigenvalue weighted by atomic mass is 10.0. The first-order chi connectivity index (χ1) is 7.15. The average Bonchev–Trinajstić information content (AvgIpc) is 2.13. The molecule has 0 fully saturated rings. The standard InChI is InChI=1S/C10H22N2O3S.ClH/c1-8(2)9(11)10(13)12(3)6-5-7-16(4,14)15;/h8-9H,5-7,11H2,1-4H3;1H/t9-;/m0./s1. The highest BCUT2D eigenvalue weighted by Crippen LogP contribution is 2.03. The molecule has 0 saturated carbocycles. The Labute approximate surface area is 110 Å². The van der Waals surface area contributed by atoms with Crippen molar-refractivity contribution in [3.63, 3.8) is 0 Å². The molecular formula is C10H23ClN2O3S. The molecule has 0 aliphatic rings. The summed E-state index contributed by atoms with van der Waals surface area (Å²) in [7, 11) is -1.31. The molecule has 0 saturated heterocycles. The van der Waals surface area contributed by atoms with E-state index in [9.17, 15) is 13.2 Å². The first-order valence-electron chi connectivity index (χ1n) is 5.33. The van der Waals surface area contributed by atoms with Crippen LogP contribution in [0.5, 0.6) is 0 Å². The second-order valence-electron chi connectivity index (χ2n) is 4.51. The monoisotopic (exact) mass is 286 g/mol. The highest BCUT2D eigenvalue weighted by Gasteiger charge is 2.20. The molecule has 0 spiro atoms. The van der Waals surface area contributed by atoms with E-state index >= 15 is 0 Å². The molecule has 0 heterocycles. The molecule has 5 nitrogen and oxygen atoms in total. The van der Waals surface area contributed by atoms with Gasteiger partial charge in [-0.15, -0.1) is 12.4 Å². The van der Waals surface area contributed by atoms with Crippen molar-refractivity contribution in [3.8, 4) is 0 Å². The molecule has 0 rings (SSSR count). The molecule has 0 aromatic rings. The molecule has 1 atom stereocenters. The number of likely N-dealkylation sites (N-methyl/N-ethyl adjacent to an activating group) is 1. The summed E-state index contributed by atoms with van der Waals surface area (Å²) in [6.07, 6.45) is 1.64. The second kappa shape index (κ2) is 7.89. The summed E-state index contributed by atoms with van der Waals surface area (Å²) in [5, 5.41) is 0. The van der Waals surface area contributed by atoms with Crippen molar-refractivity contribution in [2.45, 2.75) is 26.3 Å². The van der Waals surface area contributed by atoms with Crippen molar-refractivity contribution in [2.24, 2.45) is 11.7 Å². The van der Waals surface area contributed by atoms with Gasteiger partial charge in [-0.05, 0) is 12.3 Å². The zero-order valence-electron chi connectivity index (χ0n) is 10.8. The Kier molecular flexibility index (Phi) is 8.83. The van der Waals surface area contributed by atoms with Crippen molar-refractivity contribution in [2.75, 3.05) is 25.6 Å². The molecule has 104 valence electrons. The van der Waals surface area contributed by atoms with E-state index in [-0.39, 0.29) is 30.0 Å². The molecule has 2 N–H and O–H groups in total. The molecule has 17 heavy (non-hydrogen) atoms. The lowest BCUT2D eigenvalue weighted by Crippen LogP contribution is -2.45. The Morgan fingerprint density at radius 3 is 2.18 bits per heavy atom. The molecule has 0 radical (unpaired) electrons. The fourth-order valence-corrected chi connectivity index (χ4v) is 1.87. The van der Waals surface area contributed by atoms with Crippen molar-refractivity contribution in [3.05, 3.63) is 0 Å². The molecule has 0 bridgehead atoms. The molecule has 0 aromatic heterocycles. The molecule has 0 aliphatic carbocycles. The van der Waals surface area contributed by atoms with Gasteiger partial charge in [-0.2, -0.15) is 0 Å². The van der Waals surface area contributed by atoms with Gasteiger partial charge in [0.2, 0.25) is 5.91 Å². The van der Waals surface area contributed by atoms with Gasteiger partial charge < -0.3 is 10.6 Å². The van der Waals surface area contributed by atoms with Gasteiger partial charge in [0.25, 0.3) is 0 Å². The van der Waals surface area contributed by atoms with Crippen LogP contribution in [0.1, 0.15) is 20.3 Å². The zero-order valence-corrected chi connectivity index (χ0v) is 12.5. The minimum Gasteiger partial charge on any atom is -0.344 e. The third kappa shape index (κ3) is 8.40. The minimum absolute atomic E-state index is 0. The smallest absolute Gasteiger partial charge is 0.239 e. The molecule has 0 unspecified atom stereocenters. The van der Waals surface area contributed by atoms with Gasteiger partial charge in [0.1, 0.15) is 9.84 Å². The minimum atomic E-state index is -2.95. The van der Waals surface area contributed by atoms with Crippen LogP contribution < -0.4 is 5.73 Å². The van der Waals surface area contributed by atoms with Crippen molar-refractivity contribution in [1.29, 1.82) is 0 Å². The average molecular weight is 287 g/mol. The number of sulfone groups is 1. The number of nitrogens with two attached hydrogens (primary N) is 1. The van der Waals surface area contributed by atoms with Gasteiger partial charge in [0.15, 0.2) is 0 Å². The summed E-state index contributed by atoms with van der Waals surface area (Å²) < 4.78 is 21.8. The van der Waals surface area contributed by atoms with Gasteiger partial charge in [-0.25, -0.2) is 8.42 Å². The molecule has 0 aromatic carbocycles. The summed E-state index contributed by atoms with van der Waals surface area (Å²) >= 11 is 0. The van der Waals surface area contributed by atoms with E-state index in [1.165, 1.54) is 11.2 Å². The SMILES string of the molecule is CC(C)[C@H](N)C(=O)N(C)CCCS(C)(=O)=O.Cl. The van der Waals surface area contributed by atoms with Crippen LogP contribution >= 0.6 is 12.4 Å². The fourth-order valence-electron chi connectivity index (χ4n) is 1.21. The number of hydrogen-bond donors (Lipinski definition) is 1. The first kappa shape index (κ1) is 19.0. The predicted octanol–water partition coefficient (Wildman–Crippen LogP) is 0.285.